The number of unbranched alkanes of at least 4 members (excludes halogenated alkanes) is 9. The van der Waals surface area contributed by atoms with Crippen molar-refractivity contribution in [2.24, 2.45) is 0 Å². The van der Waals surface area contributed by atoms with Crippen LogP contribution in [0.1, 0.15) is 120 Å². The van der Waals surface area contributed by atoms with Crippen molar-refractivity contribution >= 4 is 35.0 Å². The summed E-state index contributed by atoms with van der Waals surface area (Å²) in [6, 6.07) is 10.8. The van der Waals surface area contributed by atoms with Crippen LogP contribution in [0.3, 0.4) is 0 Å². The predicted molar refractivity (Wildman–Crippen MR) is 190 cm³/mol. The Bertz CT molecular complexity index is 1560. The maximum absolute atomic E-state index is 13.4. The zero-order chi connectivity index (χ0) is 35.1. The molecule has 11 nitrogen and oxygen atoms in total. The van der Waals surface area contributed by atoms with Gasteiger partial charge in [0.25, 0.3) is 17.2 Å². The number of aromatic nitrogens is 1. The van der Waals surface area contributed by atoms with Crippen molar-refractivity contribution in [3.8, 4) is 11.4 Å². The number of ether oxygens (including phenoxy) is 1. The molecule has 0 aliphatic carbocycles. The first kappa shape index (κ1) is 38.4. The minimum absolute atomic E-state index is 0.0341. The number of benzene rings is 2. The number of thioether (sulfide) groups is 1. The number of carboxylic acid groups (broad SMARTS) is 1. The molecule has 2 N–H and O–H groups in total. The van der Waals surface area contributed by atoms with Crippen LogP contribution in [0.2, 0.25) is 0 Å². The van der Waals surface area contributed by atoms with Crippen LogP contribution in [0, 0.1) is 10.1 Å². The summed E-state index contributed by atoms with van der Waals surface area (Å²) in [5, 5.41) is 23.8. The van der Waals surface area contributed by atoms with Gasteiger partial charge in [-0.1, -0.05) is 85.5 Å². The van der Waals surface area contributed by atoms with Crippen molar-refractivity contribution in [3.05, 3.63) is 79.8 Å². The number of nitro benzene ring substituents is 1. The molecule has 12 heteroatoms. The summed E-state index contributed by atoms with van der Waals surface area (Å²) in [4.78, 5) is 48.8. The fourth-order valence-corrected chi connectivity index (χ4v) is 6.14. The van der Waals surface area contributed by atoms with Crippen LogP contribution in [-0.2, 0) is 16.0 Å². The lowest BCUT2D eigenvalue weighted by atomic mass is 9.91. The quantitative estimate of drug-likeness (QED) is 0.0636. The lowest BCUT2D eigenvalue weighted by molar-refractivity contribution is -0.384. The number of carboxylic acids is 1. The topological polar surface area (TPSA) is 154 Å². The number of nitrogens with zero attached hydrogens (tertiary/aromatic N) is 2. The minimum atomic E-state index is -0.941. The number of amides is 1. The van der Waals surface area contributed by atoms with Crippen LogP contribution in [0.25, 0.3) is 5.69 Å². The highest BCUT2D eigenvalue weighted by Gasteiger charge is 2.30. The van der Waals surface area contributed by atoms with E-state index in [1.807, 2.05) is 20.8 Å². The SMILES string of the molecule is CCCCCCCCCCCCOc1ccc(NC(=O)c2ccc(-n3oc(C(C)(C)C)c(CSCCC(=O)O)c3=O)c([N+](=O)[O-])c2)cc1. The monoisotopic (exact) mass is 683 g/mol. The van der Waals surface area contributed by atoms with Crippen molar-refractivity contribution in [2.75, 3.05) is 17.7 Å². The molecule has 0 saturated carbocycles. The third-order valence-electron chi connectivity index (χ3n) is 7.82. The third kappa shape index (κ3) is 11.9. The zero-order valence-electron chi connectivity index (χ0n) is 28.5. The number of nitro groups is 1. The van der Waals surface area contributed by atoms with Gasteiger partial charge in [-0.2, -0.15) is 11.8 Å². The first-order chi connectivity index (χ1) is 22.9. The van der Waals surface area contributed by atoms with Crippen molar-refractivity contribution in [3.63, 3.8) is 0 Å². The molecule has 2 aromatic carbocycles. The summed E-state index contributed by atoms with van der Waals surface area (Å²) in [5.74, 6) is 0.0320. The third-order valence-corrected chi connectivity index (χ3v) is 8.80. The number of nitrogens with one attached hydrogen (secondary N) is 1. The van der Waals surface area contributed by atoms with Crippen LogP contribution in [0.15, 0.2) is 51.8 Å². The molecule has 0 unspecified atom stereocenters. The molecule has 0 bridgehead atoms. The lowest BCUT2D eigenvalue weighted by Crippen LogP contribution is -2.19. The molecule has 0 aliphatic rings. The molecule has 1 heterocycles. The van der Waals surface area contributed by atoms with E-state index in [0.717, 1.165) is 23.6 Å². The summed E-state index contributed by atoms with van der Waals surface area (Å²) >= 11 is 1.27. The molecule has 0 aliphatic heterocycles. The number of hydrogen-bond donors (Lipinski definition) is 2. The van der Waals surface area contributed by atoms with E-state index in [1.54, 1.807) is 24.3 Å². The van der Waals surface area contributed by atoms with Gasteiger partial charge in [0.15, 0.2) is 5.69 Å². The molecule has 1 amide bonds. The Morgan fingerprint density at radius 2 is 1.60 bits per heavy atom. The molecule has 0 radical (unpaired) electrons. The lowest BCUT2D eigenvalue weighted by Gasteiger charge is -2.15. The Kier molecular flexibility index (Phi) is 15.2. The zero-order valence-corrected chi connectivity index (χ0v) is 29.4. The van der Waals surface area contributed by atoms with Gasteiger partial charge in [-0.25, -0.2) is 0 Å². The largest absolute Gasteiger partial charge is 0.494 e. The maximum Gasteiger partial charge on any atom is 0.304 e. The van der Waals surface area contributed by atoms with E-state index in [9.17, 15) is 24.5 Å². The van der Waals surface area contributed by atoms with Crippen LogP contribution in [-0.4, -0.2) is 39.0 Å². The summed E-state index contributed by atoms with van der Waals surface area (Å²) in [7, 11) is 0. The Morgan fingerprint density at radius 1 is 0.979 bits per heavy atom. The van der Waals surface area contributed by atoms with Crippen LogP contribution >= 0.6 is 11.8 Å². The van der Waals surface area contributed by atoms with E-state index in [0.29, 0.717) is 35.1 Å². The van der Waals surface area contributed by atoms with Gasteiger partial charge in [-0.15, -0.1) is 4.74 Å². The highest BCUT2D eigenvalue weighted by molar-refractivity contribution is 7.98. The second kappa shape index (κ2) is 19.1. The molecule has 1 aromatic heterocycles. The van der Waals surface area contributed by atoms with Gasteiger partial charge in [0, 0.05) is 34.2 Å². The number of hydrogen-bond acceptors (Lipinski definition) is 8. The molecule has 48 heavy (non-hydrogen) atoms. The molecule has 0 fully saturated rings. The fourth-order valence-electron chi connectivity index (χ4n) is 5.22. The van der Waals surface area contributed by atoms with Gasteiger partial charge in [0.2, 0.25) is 0 Å². The van der Waals surface area contributed by atoms with E-state index in [1.165, 1.54) is 75.3 Å². The average molecular weight is 684 g/mol. The van der Waals surface area contributed by atoms with Crippen molar-refractivity contribution in [1.82, 2.24) is 4.74 Å². The highest BCUT2D eigenvalue weighted by atomic mass is 32.2. The summed E-state index contributed by atoms with van der Waals surface area (Å²) < 4.78 is 12.6. The number of carbonyl (C=O) groups is 2. The van der Waals surface area contributed by atoms with Gasteiger partial charge < -0.3 is 19.7 Å². The summed E-state index contributed by atoms with van der Waals surface area (Å²) in [6.07, 6.45) is 12.5. The van der Waals surface area contributed by atoms with Crippen molar-refractivity contribution in [2.45, 2.75) is 109 Å². The molecule has 3 aromatic rings. The van der Waals surface area contributed by atoms with E-state index in [-0.39, 0.29) is 23.4 Å². The maximum atomic E-state index is 13.4. The second-order valence-corrected chi connectivity index (χ2v) is 14.0. The molecule has 262 valence electrons. The van der Waals surface area contributed by atoms with E-state index in [2.05, 4.69) is 12.2 Å². The number of carbonyl (C=O) groups excluding carboxylic acids is 1. The number of aliphatic carboxylic acids is 1. The van der Waals surface area contributed by atoms with Gasteiger partial charge in [-0.05, 0) is 42.8 Å². The second-order valence-electron chi connectivity index (χ2n) is 12.9. The van der Waals surface area contributed by atoms with Crippen molar-refractivity contribution < 1.29 is 28.9 Å². The molecule has 0 saturated heterocycles. The van der Waals surface area contributed by atoms with E-state index < -0.39 is 33.5 Å². The summed E-state index contributed by atoms with van der Waals surface area (Å²) in [6.45, 7) is 8.40. The first-order valence-corrected chi connectivity index (χ1v) is 18.0. The Hall–Kier alpha value is -4.06. The number of anilines is 1. The number of rotatable bonds is 21. The van der Waals surface area contributed by atoms with Gasteiger partial charge in [-0.3, -0.25) is 24.5 Å². The molecular weight excluding hydrogens is 634 g/mol. The van der Waals surface area contributed by atoms with Crippen LogP contribution in [0.4, 0.5) is 11.4 Å². The average Bonchev–Trinajstić information content (AvgIpc) is 3.38. The predicted octanol–water partition coefficient (Wildman–Crippen LogP) is 8.90. The minimum Gasteiger partial charge on any atom is -0.494 e. The van der Waals surface area contributed by atoms with Gasteiger partial charge in [0.05, 0.1) is 23.5 Å². The van der Waals surface area contributed by atoms with Gasteiger partial charge >= 0.3 is 5.97 Å². The molecule has 3 rings (SSSR count). The van der Waals surface area contributed by atoms with Gasteiger partial charge in [0.1, 0.15) is 11.5 Å². The van der Waals surface area contributed by atoms with Crippen LogP contribution in [0.5, 0.6) is 5.75 Å². The Labute approximate surface area is 286 Å². The van der Waals surface area contributed by atoms with Crippen LogP contribution < -0.4 is 15.6 Å². The smallest absolute Gasteiger partial charge is 0.304 e. The Morgan fingerprint density at radius 3 is 2.19 bits per heavy atom. The first-order valence-electron chi connectivity index (χ1n) is 16.8. The highest BCUT2D eigenvalue weighted by Crippen LogP contribution is 2.31. The normalized spacial score (nSPS) is 11.4. The van der Waals surface area contributed by atoms with Crippen molar-refractivity contribution in [1.29, 1.82) is 0 Å². The standard InChI is InChI=1S/C36H49N3O8S/c1-5-6-7-8-9-10-11-12-13-14-22-46-28-18-16-27(17-19-28)37-34(42)26-15-20-30(31(24-26)39(44)45)38-35(43)29(25-48-23-21-32(40)41)33(47-38)36(2,3)4/h15-20,24H,5-14,21-23,25H2,1-4H3,(H,37,42)(H,40,41). The van der Waals surface area contributed by atoms with E-state index in [4.69, 9.17) is 14.4 Å². The molecule has 0 spiro atoms. The molecular formula is C36H49N3O8S. The Balaban J connectivity index is 1.61. The molecule has 0 atom stereocenters. The summed E-state index contributed by atoms with van der Waals surface area (Å²) in [5.41, 5.74) is -0.914. The fraction of sp³-hybridized carbons (Fsp3) is 0.528. The van der Waals surface area contributed by atoms with E-state index >= 15 is 0 Å².